The van der Waals surface area contributed by atoms with Crippen LogP contribution in [0.3, 0.4) is 0 Å². The van der Waals surface area contributed by atoms with Gasteiger partial charge in [0.2, 0.25) is 0 Å². The summed E-state index contributed by atoms with van der Waals surface area (Å²) < 4.78 is 0. The van der Waals surface area contributed by atoms with Crippen molar-refractivity contribution in [3.05, 3.63) is 12.2 Å². The number of rotatable bonds is 3. The van der Waals surface area contributed by atoms with Gasteiger partial charge in [-0.15, -0.1) is 0 Å². The minimum Gasteiger partial charge on any atom is -0.393 e. The van der Waals surface area contributed by atoms with E-state index in [4.69, 9.17) is 10.2 Å². The maximum absolute atomic E-state index is 8.95. The zero-order chi connectivity index (χ0) is 7.44. The molecule has 2 nitrogen and oxygen atoms in total. The van der Waals surface area contributed by atoms with E-state index in [1.54, 1.807) is 0 Å². The largest absolute Gasteiger partial charge is 0.393 e. The maximum atomic E-state index is 8.95. The molecule has 2 heteroatoms. The molecule has 0 saturated heterocycles. The first-order valence-corrected chi connectivity index (χ1v) is 3.07. The Hall–Kier alpha value is -0.340. The average molecular weight is 130 g/mol. The summed E-state index contributed by atoms with van der Waals surface area (Å²) in [5.41, 5.74) is 0.692. The molecule has 0 heterocycles. The summed E-state index contributed by atoms with van der Waals surface area (Å²) in [6.45, 7) is 7.25. The van der Waals surface area contributed by atoms with E-state index in [2.05, 4.69) is 6.58 Å². The summed E-state index contributed by atoms with van der Waals surface area (Å²) in [7, 11) is 0. The topological polar surface area (TPSA) is 40.5 Å². The van der Waals surface area contributed by atoms with E-state index >= 15 is 0 Å². The molecule has 2 N–H and O–H groups in total. The highest BCUT2D eigenvalue weighted by atomic mass is 16.3. The number of hydrogen-bond acceptors (Lipinski definition) is 2. The van der Waals surface area contributed by atoms with E-state index in [0.29, 0.717) is 5.57 Å². The lowest BCUT2D eigenvalue weighted by Crippen LogP contribution is -2.17. The quantitative estimate of drug-likeness (QED) is 0.548. The van der Waals surface area contributed by atoms with E-state index in [1.807, 2.05) is 13.8 Å². The highest BCUT2D eigenvalue weighted by Crippen LogP contribution is 2.10. The normalized spacial score (nSPS) is 13.9. The van der Waals surface area contributed by atoms with Crippen molar-refractivity contribution < 1.29 is 10.2 Å². The molecular formula is C7H14O2. The third-order valence-electron chi connectivity index (χ3n) is 1.34. The van der Waals surface area contributed by atoms with Crippen LogP contribution >= 0.6 is 0 Å². The van der Waals surface area contributed by atoms with Gasteiger partial charge >= 0.3 is 0 Å². The first-order valence-electron chi connectivity index (χ1n) is 3.07. The Kier molecular flexibility index (Phi) is 3.50. The lowest BCUT2D eigenvalue weighted by Gasteiger charge is -2.13. The molecule has 0 spiro atoms. The monoisotopic (exact) mass is 130 g/mol. The molecule has 0 rings (SSSR count). The van der Waals surface area contributed by atoms with Gasteiger partial charge in [0.25, 0.3) is 0 Å². The van der Waals surface area contributed by atoms with Crippen LogP contribution in [0.15, 0.2) is 12.2 Å². The van der Waals surface area contributed by atoms with E-state index in [0.717, 1.165) is 0 Å². The van der Waals surface area contributed by atoms with Gasteiger partial charge in [-0.1, -0.05) is 20.4 Å². The van der Waals surface area contributed by atoms with Crippen molar-refractivity contribution in [1.82, 2.24) is 0 Å². The summed E-state index contributed by atoms with van der Waals surface area (Å²) in [5, 5.41) is 17.4. The minimum absolute atomic E-state index is 0.225. The Morgan fingerprint density at radius 2 is 2.00 bits per heavy atom. The van der Waals surface area contributed by atoms with E-state index in [1.165, 1.54) is 0 Å². The summed E-state index contributed by atoms with van der Waals surface area (Å²) in [6, 6.07) is 0. The van der Waals surface area contributed by atoms with Crippen LogP contribution in [0.1, 0.15) is 13.8 Å². The van der Waals surface area contributed by atoms with Crippen molar-refractivity contribution in [2.45, 2.75) is 20.0 Å². The van der Waals surface area contributed by atoms with Gasteiger partial charge in [-0.05, 0) is 11.5 Å². The molecule has 0 aromatic carbocycles. The molecule has 0 aliphatic carbocycles. The van der Waals surface area contributed by atoms with E-state index < -0.39 is 6.10 Å². The highest BCUT2D eigenvalue weighted by molar-refractivity contribution is 5.03. The molecule has 0 fully saturated rings. The first kappa shape index (κ1) is 8.66. The Balaban J connectivity index is 3.73. The Bertz CT molecular complexity index is 97.1. The fraction of sp³-hybridized carbons (Fsp3) is 0.714. The van der Waals surface area contributed by atoms with Gasteiger partial charge < -0.3 is 10.2 Å². The Morgan fingerprint density at radius 1 is 1.56 bits per heavy atom. The second-order valence-electron chi connectivity index (χ2n) is 2.43. The molecule has 0 aromatic rings. The van der Waals surface area contributed by atoms with Crippen LogP contribution in [0.2, 0.25) is 0 Å². The third-order valence-corrected chi connectivity index (χ3v) is 1.34. The van der Waals surface area contributed by atoms with Crippen LogP contribution < -0.4 is 0 Å². The molecule has 0 aliphatic rings. The molecule has 0 aromatic heterocycles. The predicted molar refractivity (Wildman–Crippen MR) is 37.1 cm³/mol. The summed E-state index contributed by atoms with van der Waals surface area (Å²) in [5.74, 6) is 0.243. The van der Waals surface area contributed by atoms with Crippen LogP contribution in [0.25, 0.3) is 0 Å². The fourth-order valence-corrected chi connectivity index (χ4v) is 0.502. The van der Waals surface area contributed by atoms with Crippen molar-refractivity contribution >= 4 is 0 Å². The Labute approximate surface area is 55.8 Å². The number of aliphatic hydroxyl groups is 2. The molecular weight excluding hydrogens is 116 g/mol. The van der Waals surface area contributed by atoms with Gasteiger partial charge in [0.15, 0.2) is 0 Å². The van der Waals surface area contributed by atoms with Gasteiger partial charge in [0, 0.05) is 0 Å². The van der Waals surface area contributed by atoms with Crippen LogP contribution in [0, 0.1) is 5.92 Å². The molecule has 0 saturated carbocycles. The van der Waals surface area contributed by atoms with Gasteiger partial charge in [0.05, 0.1) is 12.7 Å². The lowest BCUT2D eigenvalue weighted by atomic mass is 10.0. The predicted octanol–water partition coefficient (Wildman–Crippen LogP) is 0.552. The smallest absolute Gasteiger partial charge is 0.0980 e. The van der Waals surface area contributed by atoms with Gasteiger partial charge in [-0.3, -0.25) is 0 Å². The third kappa shape index (κ3) is 2.63. The molecule has 54 valence electrons. The Morgan fingerprint density at radius 3 is 2.11 bits per heavy atom. The molecule has 0 amide bonds. The zero-order valence-corrected chi connectivity index (χ0v) is 5.96. The molecule has 0 aliphatic heterocycles. The summed E-state index contributed by atoms with van der Waals surface area (Å²) in [6.07, 6.45) is -0.745. The number of hydrogen-bond donors (Lipinski definition) is 2. The second kappa shape index (κ2) is 3.64. The van der Waals surface area contributed by atoms with Crippen LogP contribution in [-0.2, 0) is 0 Å². The highest BCUT2D eigenvalue weighted by Gasteiger charge is 2.09. The second-order valence-corrected chi connectivity index (χ2v) is 2.43. The molecule has 1 unspecified atom stereocenters. The minimum atomic E-state index is -0.745. The van der Waals surface area contributed by atoms with Crippen LogP contribution in [0.4, 0.5) is 0 Å². The summed E-state index contributed by atoms with van der Waals surface area (Å²) >= 11 is 0. The zero-order valence-electron chi connectivity index (χ0n) is 5.96. The first-order chi connectivity index (χ1) is 4.09. The van der Waals surface area contributed by atoms with Crippen LogP contribution in [-0.4, -0.2) is 22.9 Å². The summed E-state index contributed by atoms with van der Waals surface area (Å²) in [4.78, 5) is 0. The fourth-order valence-electron chi connectivity index (χ4n) is 0.502. The SMILES string of the molecule is C=C(C(C)C)C(O)CO. The lowest BCUT2D eigenvalue weighted by molar-refractivity contribution is 0.116. The van der Waals surface area contributed by atoms with Crippen molar-refractivity contribution in [2.24, 2.45) is 5.92 Å². The van der Waals surface area contributed by atoms with Crippen molar-refractivity contribution in [3.8, 4) is 0 Å². The van der Waals surface area contributed by atoms with Crippen molar-refractivity contribution in [1.29, 1.82) is 0 Å². The standard InChI is InChI=1S/C7H14O2/c1-5(2)6(3)7(9)4-8/h5,7-9H,3-4H2,1-2H3. The maximum Gasteiger partial charge on any atom is 0.0980 e. The van der Waals surface area contributed by atoms with Gasteiger partial charge in [-0.2, -0.15) is 0 Å². The molecule has 0 radical (unpaired) electrons. The molecule has 9 heavy (non-hydrogen) atoms. The van der Waals surface area contributed by atoms with Crippen LogP contribution in [0.5, 0.6) is 0 Å². The number of aliphatic hydroxyl groups excluding tert-OH is 2. The van der Waals surface area contributed by atoms with E-state index in [-0.39, 0.29) is 12.5 Å². The average Bonchev–Trinajstić information content (AvgIpc) is 1.84. The molecule has 0 bridgehead atoms. The van der Waals surface area contributed by atoms with Gasteiger partial charge in [0.1, 0.15) is 0 Å². The molecule has 1 atom stereocenters. The van der Waals surface area contributed by atoms with Crippen molar-refractivity contribution in [3.63, 3.8) is 0 Å². The van der Waals surface area contributed by atoms with Gasteiger partial charge in [-0.25, -0.2) is 0 Å². The van der Waals surface area contributed by atoms with Crippen molar-refractivity contribution in [2.75, 3.05) is 6.61 Å². The van der Waals surface area contributed by atoms with E-state index in [9.17, 15) is 0 Å².